The van der Waals surface area contributed by atoms with Crippen LogP contribution >= 0.6 is 0 Å². The molecule has 1 aromatic rings. The summed E-state index contributed by atoms with van der Waals surface area (Å²) in [6.45, 7) is 9.16. The van der Waals surface area contributed by atoms with Gasteiger partial charge in [0.25, 0.3) is 0 Å². The second-order valence-corrected chi connectivity index (χ2v) is 6.50. The number of carboxylic acids is 1. The minimum Gasteiger partial charge on any atom is -0.480 e. The Labute approximate surface area is 119 Å². The highest BCUT2D eigenvalue weighted by Crippen LogP contribution is 2.35. The van der Waals surface area contributed by atoms with E-state index >= 15 is 0 Å². The van der Waals surface area contributed by atoms with Gasteiger partial charge in [0.1, 0.15) is 6.04 Å². The third kappa shape index (κ3) is 3.00. The molecule has 1 aromatic heterocycles. The summed E-state index contributed by atoms with van der Waals surface area (Å²) >= 11 is 0. The Balaban J connectivity index is 2.15. The Bertz CT molecular complexity index is 482. The first-order valence-electron chi connectivity index (χ1n) is 7.10. The molecule has 1 saturated heterocycles. The maximum atomic E-state index is 11.6. The average Bonchev–Trinajstić information content (AvgIpc) is 2.75. The summed E-state index contributed by atoms with van der Waals surface area (Å²) in [6.07, 6.45) is 1.91. The van der Waals surface area contributed by atoms with Crippen LogP contribution in [0.1, 0.15) is 58.2 Å². The summed E-state index contributed by atoms with van der Waals surface area (Å²) in [5, 5.41) is 13.4. The Kier molecular flexibility index (Phi) is 4.13. The van der Waals surface area contributed by atoms with Crippen molar-refractivity contribution < 1.29 is 14.4 Å². The molecule has 0 bridgehead atoms. The first kappa shape index (κ1) is 15.0. The van der Waals surface area contributed by atoms with Crippen molar-refractivity contribution in [3.63, 3.8) is 0 Å². The first-order valence-corrected chi connectivity index (χ1v) is 7.10. The number of rotatable bonds is 4. The van der Waals surface area contributed by atoms with Crippen LogP contribution in [0.3, 0.4) is 0 Å². The quantitative estimate of drug-likeness (QED) is 0.912. The van der Waals surface area contributed by atoms with Crippen molar-refractivity contribution in [2.45, 2.75) is 59.0 Å². The van der Waals surface area contributed by atoms with E-state index in [1.165, 1.54) is 0 Å². The van der Waals surface area contributed by atoms with Gasteiger partial charge in [-0.2, -0.15) is 4.98 Å². The van der Waals surface area contributed by atoms with Crippen LogP contribution < -0.4 is 0 Å². The second kappa shape index (κ2) is 5.52. The molecule has 0 aliphatic carbocycles. The van der Waals surface area contributed by atoms with Crippen LogP contribution in [0.4, 0.5) is 0 Å². The second-order valence-electron chi connectivity index (χ2n) is 6.50. The molecule has 0 radical (unpaired) electrons. The fourth-order valence-corrected chi connectivity index (χ4v) is 2.90. The monoisotopic (exact) mass is 281 g/mol. The molecule has 1 unspecified atom stereocenters. The molecule has 0 spiro atoms. The van der Waals surface area contributed by atoms with Crippen molar-refractivity contribution in [1.82, 2.24) is 15.0 Å². The lowest BCUT2D eigenvalue weighted by atomic mass is 9.76. The Morgan fingerprint density at radius 1 is 1.55 bits per heavy atom. The van der Waals surface area contributed by atoms with E-state index < -0.39 is 12.0 Å². The van der Waals surface area contributed by atoms with Crippen molar-refractivity contribution in [3.05, 3.63) is 11.7 Å². The number of aliphatic carboxylic acids is 1. The molecule has 20 heavy (non-hydrogen) atoms. The zero-order valence-corrected chi connectivity index (χ0v) is 12.6. The predicted molar refractivity (Wildman–Crippen MR) is 73.2 cm³/mol. The van der Waals surface area contributed by atoms with E-state index in [2.05, 4.69) is 10.1 Å². The fourth-order valence-electron chi connectivity index (χ4n) is 2.90. The molecule has 2 rings (SSSR count). The van der Waals surface area contributed by atoms with Crippen molar-refractivity contribution in [3.8, 4) is 0 Å². The summed E-state index contributed by atoms with van der Waals surface area (Å²) in [4.78, 5) is 17.8. The minimum absolute atomic E-state index is 0.209. The van der Waals surface area contributed by atoms with Gasteiger partial charge >= 0.3 is 5.97 Å². The van der Waals surface area contributed by atoms with Crippen molar-refractivity contribution in [2.75, 3.05) is 6.54 Å². The van der Waals surface area contributed by atoms with Gasteiger partial charge in [-0.25, -0.2) is 0 Å². The minimum atomic E-state index is -0.779. The standard InChI is InChI=1S/C14H23N3O3/c1-9(2)12-15-10(20-16-12)8-17-7-5-6-14(3,4)11(17)13(18)19/h9,11H,5-8H2,1-4H3,(H,18,19). The Morgan fingerprint density at radius 3 is 2.80 bits per heavy atom. The highest BCUT2D eigenvalue weighted by atomic mass is 16.5. The Morgan fingerprint density at radius 2 is 2.25 bits per heavy atom. The van der Waals surface area contributed by atoms with E-state index in [9.17, 15) is 9.90 Å². The summed E-state index contributed by atoms with van der Waals surface area (Å²) in [5.41, 5.74) is -0.245. The highest BCUT2D eigenvalue weighted by Gasteiger charge is 2.42. The SMILES string of the molecule is CC(C)c1noc(CN2CCCC(C)(C)C2C(=O)O)n1. The molecule has 0 amide bonds. The first-order chi connectivity index (χ1) is 9.31. The third-order valence-corrected chi connectivity index (χ3v) is 3.94. The number of nitrogens with zero attached hydrogens (tertiary/aromatic N) is 3. The van der Waals surface area contributed by atoms with Crippen LogP contribution in [0.2, 0.25) is 0 Å². The lowest BCUT2D eigenvalue weighted by Gasteiger charge is -2.43. The molecule has 1 atom stereocenters. The molecule has 0 saturated carbocycles. The van der Waals surface area contributed by atoms with Crippen molar-refractivity contribution in [1.29, 1.82) is 0 Å². The maximum Gasteiger partial charge on any atom is 0.321 e. The van der Waals surface area contributed by atoms with E-state index in [0.717, 1.165) is 19.4 Å². The molecular formula is C14H23N3O3. The van der Waals surface area contributed by atoms with Crippen LogP contribution in [0.15, 0.2) is 4.52 Å². The van der Waals surface area contributed by atoms with Crippen LogP contribution in [0, 0.1) is 5.41 Å². The van der Waals surface area contributed by atoms with Gasteiger partial charge in [0.05, 0.1) is 6.54 Å². The van der Waals surface area contributed by atoms with Crippen LogP contribution in [0.25, 0.3) is 0 Å². The molecule has 1 fully saturated rings. The van der Waals surface area contributed by atoms with Gasteiger partial charge in [-0.05, 0) is 24.8 Å². The van der Waals surface area contributed by atoms with Crippen LogP contribution in [-0.2, 0) is 11.3 Å². The fraction of sp³-hybridized carbons (Fsp3) is 0.786. The molecule has 2 heterocycles. The van der Waals surface area contributed by atoms with Gasteiger partial charge in [-0.1, -0.05) is 32.9 Å². The smallest absolute Gasteiger partial charge is 0.321 e. The van der Waals surface area contributed by atoms with Crippen molar-refractivity contribution in [2.24, 2.45) is 5.41 Å². The van der Waals surface area contributed by atoms with Gasteiger partial charge in [0.15, 0.2) is 5.82 Å². The molecule has 6 nitrogen and oxygen atoms in total. The van der Waals surface area contributed by atoms with E-state index in [-0.39, 0.29) is 11.3 Å². The number of likely N-dealkylation sites (tertiary alicyclic amines) is 1. The van der Waals surface area contributed by atoms with Gasteiger partial charge < -0.3 is 9.63 Å². The predicted octanol–water partition coefficient (Wildman–Crippen LogP) is 2.27. The Hall–Kier alpha value is -1.43. The van der Waals surface area contributed by atoms with E-state index in [0.29, 0.717) is 18.3 Å². The summed E-state index contributed by atoms with van der Waals surface area (Å²) in [6, 6.07) is -0.509. The summed E-state index contributed by atoms with van der Waals surface area (Å²) < 4.78 is 5.23. The number of carbonyl (C=O) groups is 1. The zero-order chi connectivity index (χ0) is 14.9. The number of aromatic nitrogens is 2. The van der Waals surface area contributed by atoms with Gasteiger partial charge in [-0.3, -0.25) is 9.69 Å². The molecule has 6 heteroatoms. The third-order valence-electron chi connectivity index (χ3n) is 3.94. The van der Waals surface area contributed by atoms with Crippen LogP contribution in [-0.4, -0.2) is 38.7 Å². The molecule has 1 aliphatic heterocycles. The van der Waals surface area contributed by atoms with Crippen LogP contribution in [0.5, 0.6) is 0 Å². The van der Waals surface area contributed by atoms with Gasteiger partial charge in [-0.15, -0.1) is 0 Å². The lowest BCUT2D eigenvalue weighted by molar-refractivity contribution is -0.151. The van der Waals surface area contributed by atoms with E-state index in [1.54, 1.807) is 0 Å². The van der Waals surface area contributed by atoms with Gasteiger partial charge in [0, 0.05) is 5.92 Å². The lowest BCUT2D eigenvalue weighted by Crippen LogP contribution is -2.53. The molecule has 1 N–H and O–H groups in total. The molecular weight excluding hydrogens is 258 g/mol. The normalized spacial score (nSPS) is 23.1. The molecule has 112 valence electrons. The van der Waals surface area contributed by atoms with Gasteiger partial charge in [0.2, 0.25) is 5.89 Å². The highest BCUT2D eigenvalue weighted by molar-refractivity contribution is 5.74. The number of carboxylic acid groups (broad SMARTS) is 1. The van der Waals surface area contributed by atoms with E-state index in [1.807, 2.05) is 32.6 Å². The topological polar surface area (TPSA) is 79.5 Å². The van der Waals surface area contributed by atoms with E-state index in [4.69, 9.17) is 4.52 Å². The largest absolute Gasteiger partial charge is 0.480 e. The molecule has 1 aliphatic rings. The summed E-state index contributed by atoms with van der Waals surface area (Å²) in [5.74, 6) is 0.597. The average molecular weight is 281 g/mol. The summed E-state index contributed by atoms with van der Waals surface area (Å²) in [7, 11) is 0. The maximum absolute atomic E-state index is 11.6. The number of hydrogen-bond acceptors (Lipinski definition) is 5. The van der Waals surface area contributed by atoms with Crippen molar-refractivity contribution >= 4 is 5.97 Å². The number of piperidine rings is 1. The molecule has 0 aromatic carbocycles. The number of hydrogen-bond donors (Lipinski definition) is 1. The zero-order valence-electron chi connectivity index (χ0n) is 12.6.